The average molecular weight is 244 g/mol. The van der Waals surface area contributed by atoms with E-state index in [1.54, 1.807) is 7.11 Å². The second-order valence-electron chi connectivity index (χ2n) is 5.11. The largest absolute Gasteiger partial charge is 0.377 e. The molecule has 1 aromatic carbocycles. The van der Waals surface area contributed by atoms with Gasteiger partial charge in [0.15, 0.2) is 0 Å². The molecular formula is C15H20N2O. The molecule has 96 valence electrons. The van der Waals surface area contributed by atoms with Crippen LogP contribution in [0.3, 0.4) is 0 Å². The molecular weight excluding hydrogens is 224 g/mol. The van der Waals surface area contributed by atoms with Gasteiger partial charge in [-0.2, -0.15) is 0 Å². The van der Waals surface area contributed by atoms with Crippen molar-refractivity contribution < 1.29 is 4.74 Å². The van der Waals surface area contributed by atoms with E-state index in [0.29, 0.717) is 6.42 Å². The Kier molecular flexibility index (Phi) is 3.64. The van der Waals surface area contributed by atoms with Gasteiger partial charge in [0.1, 0.15) is 0 Å². The van der Waals surface area contributed by atoms with Gasteiger partial charge in [-0.15, -0.1) is 0 Å². The summed E-state index contributed by atoms with van der Waals surface area (Å²) < 4.78 is 5.41. The van der Waals surface area contributed by atoms with Crippen molar-refractivity contribution in [2.24, 2.45) is 5.73 Å². The molecule has 0 radical (unpaired) electrons. The lowest BCUT2D eigenvalue weighted by molar-refractivity contribution is 0.000596. The van der Waals surface area contributed by atoms with Gasteiger partial charge in [-0.25, -0.2) is 0 Å². The van der Waals surface area contributed by atoms with Crippen molar-refractivity contribution in [3.05, 3.63) is 42.1 Å². The topological polar surface area (TPSA) is 48.1 Å². The van der Waals surface area contributed by atoms with Gasteiger partial charge in [0.25, 0.3) is 0 Å². The van der Waals surface area contributed by atoms with E-state index >= 15 is 0 Å². The maximum atomic E-state index is 6.17. The molecule has 3 nitrogen and oxygen atoms in total. The number of rotatable bonds is 4. The zero-order valence-corrected chi connectivity index (χ0v) is 11.2. The van der Waals surface area contributed by atoms with Gasteiger partial charge >= 0.3 is 0 Å². The summed E-state index contributed by atoms with van der Waals surface area (Å²) in [5.41, 5.74) is 7.85. The Morgan fingerprint density at radius 3 is 2.67 bits per heavy atom. The fourth-order valence-electron chi connectivity index (χ4n) is 1.84. The van der Waals surface area contributed by atoms with Crippen LogP contribution in [0.1, 0.15) is 19.5 Å². The van der Waals surface area contributed by atoms with Crippen LogP contribution in [0.4, 0.5) is 0 Å². The normalized spacial score (nSPS) is 13.8. The molecule has 1 heterocycles. The first-order valence-corrected chi connectivity index (χ1v) is 6.18. The van der Waals surface area contributed by atoms with E-state index in [1.165, 1.54) is 0 Å². The van der Waals surface area contributed by atoms with Crippen LogP contribution in [-0.2, 0) is 11.2 Å². The SMILES string of the molecule is COC(C)(C)C(N)Cc1ccc2ccccc2n1. The second-order valence-corrected chi connectivity index (χ2v) is 5.11. The highest BCUT2D eigenvalue weighted by atomic mass is 16.5. The maximum Gasteiger partial charge on any atom is 0.0776 e. The summed E-state index contributed by atoms with van der Waals surface area (Å²) in [5.74, 6) is 0. The number of hydrogen-bond acceptors (Lipinski definition) is 3. The molecule has 0 bridgehead atoms. The van der Waals surface area contributed by atoms with Crippen molar-refractivity contribution in [1.29, 1.82) is 0 Å². The number of methoxy groups -OCH3 is 1. The van der Waals surface area contributed by atoms with E-state index < -0.39 is 0 Å². The lowest BCUT2D eigenvalue weighted by Crippen LogP contribution is -2.46. The predicted octanol–water partition coefficient (Wildman–Crippen LogP) is 2.53. The van der Waals surface area contributed by atoms with Gasteiger partial charge in [0, 0.05) is 30.7 Å². The Balaban J connectivity index is 2.22. The molecule has 2 rings (SSSR count). The molecule has 0 aliphatic carbocycles. The van der Waals surface area contributed by atoms with Gasteiger partial charge in [0.2, 0.25) is 0 Å². The quantitative estimate of drug-likeness (QED) is 0.899. The van der Waals surface area contributed by atoms with Crippen molar-refractivity contribution >= 4 is 10.9 Å². The van der Waals surface area contributed by atoms with E-state index in [0.717, 1.165) is 16.6 Å². The summed E-state index contributed by atoms with van der Waals surface area (Å²) in [6.07, 6.45) is 0.714. The number of pyridine rings is 1. The third-order valence-electron chi connectivity index (χ3n) is 3.50. The molecule has 0 spiro atoms. The van der Waals surface area contributed by atoms with E-state index in [2.05, 4.69) is 17.1 Å². The van der Waals surface area contributed by atoms with E-state index in [4.69, 9.17) is 10.5 Å². The third kappa shape index (κ3) is 2.68. The van der Waals surface area contributed by atoms with Crippen molar-refractivity contribution in [1.82, 2.24) is 4.98 Å². The molecule has 2 N–H and O–H groups in total. The Morgan fingerprint density at radius 1 is 1.22 bits per heavy atom. The number of aromatic nitrogens is 1. The van der Waals surface area contributed by atoms with Crippen LogP contribution in [-0.4, -0.2) is 23.7 Å². The molecule has 2 aromatic rings. The van der Waals surface area contributed by atoms with E-state index in [1.807, 2.05) is 38.1 Å². The van der Waals surface area contributed by atoms with Crippen LogP contribution in [0.5, 0.6) is 0 Å². The summed E-state index contributed by atoms with van der Waals surface area (Å²) in [7, 11) is 1.69. The predicted molar refractivity (Wildman–Crippen MR) is 74.5 cm³/mol. The first kappa shape index (κ1) is 13.0. The highest BCUT2D eigenvalue weighted by Crippen LogP contribution is 2.17. The summed E-state index contributed by atoms with van der Waals surface area (Å²) in [5, 5.41) is 1.15. The smallest absolute Gasteiger partial charge is 0.0776 e. The minimum Gasteiger partial charge on any atom is -0.377 e. The molecule has 1 atom stereocenters. The molecule has 0 aliphatic rings. The summed E-state index contributed by atoms with van der Waals surface area (Å²) in [6, 6.07) is 12.1. The number of benzene rings is 1. The molecule has 1 unspecified atom stereocenters. The van der Waals surface area contributed by atoms with Crippen molar-refractivity contribution in [3.8, 4) is 0 Å². The van der Waals surface area contributed by atoms with Gasteiger partial charge in [0.05, 0.1) is 11.1 Å². The Bertz CT molecular complexity index is 537. The molecule has 0 fully saturated rings. The Labute approximate surface area is 108 Å². The number of nitrogens with zero attached hydrogens (tertiary/aromatic N) is 1. The number of hydrogen-bond donors (Lipinski definition) is 1. The zero-order chi connectivity index (χ0) is 13.2. The number of fused-ring (bicyclic) bond motifs is 1. The summed E-state index contributed by atoms with van der Waals surface area (Å²) in [6.45, 7) is 4.00. The van der Waals surface area contributed by atoms with Crippen LogP contribution in [0.25, 0.3) is 10.9 Å². The Hall–Kier alpha value is -1.45. The van der Waals surface area contributed by atoms with Gasteiger partial charge in [-0.05, 0) is 26.0 Å². The molecule has 0 saturated carbocycles. The average Bonchev–Trinajstić information content (AvgIpc) is 2.38. The highest BCUT2D eigenvalue weighted by Gasteiger charge is 2.26. The molecule has 0 aliphatic heterocycles. The fourth-order valence-corrected chi connectivity index (χ4v) is 1.84. The molecule has 3 heteroatoms. The molecule has 1 aromatic heterocycles. The highest BCUT2D eigenvalue weighted by molar-refractivity contribution is 5.78. The van der Waals surface area contributed by atoms with Crippen LogP contribution >= 0.6 is 0 Å². The van der Waals surface area contributed by atoms with Crippen LogP contribution in [0.15, 0.2) is 36.4 Å². The lowest BCUT2D eigenvalue weighted by atomic mass is 9.95. The molecule has 0 amide bonds. The van der Waals surface area contributed by atoms with Crippen LogP contribution in [0, 0.1) is 0 Å². The monoisotopic (exact) mass is 244 g/mol. The summed E-state index contributed by atoms with van der Waals surface area (Å²) >= 11 is 0. The third-order valence-corrected chi connectivity index (χ3v) is 3.50. The summed E-state index contributed by atoms with van der Waals surface area (Å²) in [4.78, 5) is 4.63. The molecule has 18 heavy (non-hydrogen) atoms. The van der Waals surface area contributed by atoms with Crippen LogP contribution < -0.4 is 5.73 Å². The maximum absolute atomic E-state index is 6.17. The number of ether oxygens (including phenoxy) is 1. The Morgan fingerprint density at radius 2 is 1.94 bits per heavy atom. The number of nitrogens with two attached hydrogens (primary N) is 1. The minimum absolute atomic E-state index is 0.0730. The van der Waals surface area contributed by atoms with Gasteiger partial charge < -0.3 is 10.5 Å². The van der Waals surface area contributed by atoms with E-state index in [9.17, 15) is 0 Å². The van der Waals surface area contributed by atoms with Gasteiger partial charge in [-0.3, -0.25) is 4.98 Å². The first-order valence-electron chi connectivity index (χ1n) is 6.18. The minimum atomic E-state index is -0.340. The fraction of sp³-hybridized carbons (Fsp3) is 0.400. The van der Waals surface area contributed by atoms with Crippen molar-refractivity contribution in [3.63, 3.8) is 0 Å². The van der Waals surface area contributed by atoms with Gasteiger partial charge in [-0.1, -0.05) is 24.3 Å². The van der Waals surface area contributed by atoms with Crippen molar-refractivity contribution in [2.45, 2.75) is 31.9 Å². The lowest BCUT2D eigenvalue weighted by Gasteiger charge is -2.29. The van der Waals surface area contributed by atoms with E-state index in [-0.39, 0.29) is 11.6 Å². The molecule has 0 saturated heterocycles. The second kappa shape index (κ2) is 5.04. The zero-order valence-electron chi connectivity index (χ0n) is 11.2. The van der Waals surface area contributed by atoms with Crippen LogP contribution in [0.2, 0.25) is 0 Å². The standard InChI is InChI=1S/C15H20N2O/c1-15(2,18-3)14(16)10-12-9-8-11-6-4-5-7-13(11)17-12/h4-9,14H,10,16H2,1-3H3. The first-order chi connectivity index (χ1) is 8.53. The number of para-hydroxylation sites is 1. The van der Waals surface area contributed by atoms with Crippen molar-refractivity contribution in [2.75, 3.05) is 7.11 Å².